The van der Waals surface area contributed by atoms with E-state index < -0.39 is 22.8 Å². The highest BCUT2D eigenvalue weighted by atomic mass is 32.2. The molecule has 2 aromatic rings. The first kappa shape index (κ1) is 14.9. The lowest BCUT2D eigenvalue weighted by molar-refractivity contribution is 0.101. The molecule has 0 aliphatic carbocycles. The number of anilines is 1. The van der Waals surface area contributed by atoms with Gasteiger partial charge in [-0.15, -0.1) is 0 Å². The van der Waals surface area contributed by atoms with Crippen molar-refractivity contribution in [1.82, 2.24) is 4.57 Å². The minimum atomic E-state index is -2.18. The van der Waals surface area contributed by atoms with E-state index in [2.05, 4.69) is 5.32 Å². The van der Waals surface area contributed by atoms with Gasteiger partial charge in [-0.25, -0.2) is 8.60 Å². The molecule has 2 N–H and O–H groups in total. The fourth-order valence-electron chi connectivity index (χ4n) is 1.74. The standard InChI is InChI=1S/C13H10FN3O3S/c1-17-7-10(21(19)20)5-12(17)13(18)16-9-2-3-11(14)8(4-9)6-15/h2-5,7H,1H3,(H,16,18)(H,19,20). The third-order valence-electron chi connectivity index (χ3n) is 2.76. The number of hydrogen-bond acceptors (Lipinski definition) is 3. The first-order valence-corrected chi connectivity index (χ1v) is 6.81. The molecule has 1 aromatic heterocycles. The van der Waals surface area contributed by atoms with Crippen molar-refractivity contribution in [1.29, 1.82) is 5.26 Å². The summed E-state index contributed by atoms with van der Waals surface area (Å²) < 4.78 is 34.5. The number of nitrogens with zero attached hydrogens (tertiary/aromatic N) is 2. The van der Waals surface area contributed by atoms with Crippen LogP contribution >= 0.6 is 0 Å². The number of nitrogens with one attached hydrogen (secondary N) is 1. The molecule has 1 unspecified atom stereocenters. The summed E-state index contributed by atoms with van der Waals surface area (Å²) in [7, 11) is 1.55. The quantitative estimate of drug-likeness (QED) is 0.846. The lowest BCUT2D eigenvalue weighted by atomic mass is 10.2. The number of carbonyl (C=O) groups is 1. The number of benzene rings is 1. The summed E-state index contributed by atoms with van der Waals surface area (Å²) in [6, 6.07) is 6.56. The summed E-state index contributed by atoms with van der Waals surface area (Å²) in [5.41, 5.74) is 0.234. The zero-order chi connectivity index (χ0) is 15.6. The molecule has 0 radical (unpaired) electrons. The highest BCUT2D eigenvalue weighted by Gasteiger charge is 2.15. The van der Waals surface area contributed by atoms with E-state index >= 15 is 0 Å². The summed E-state index contributed by atoms with van der Waals surface area (Å²) in [4.78, 5) is 12.2. The Labute approximate surface area is 122 Å². The van der Waals surface area contributed by atoms with E-state index in [-0.39, 0.29) is 21.8 Å². The molecule has 0 fully saturated rings. The summed E-state index contributed by atoms with van der Waals surface area (Å²) >= 11 is -2.18. The molecule has 0 saturated heterocycles. The van der Waals surface area contributed by atoms with Gasteiger partial charge in [-0.05, 0) is 24.3 Å². The molecule has 0 aliphatic rings. The van der Waals surface area contributed by atoms with Crippen molar-refractivity contribution in [3.63, 3.8) is 0 Å². The Balaban J connectivity index is 2.26. The lowest BCUT2D eigenvalue weighted by Gasteiger charge is -2.06. The van der Waals surface area contributed by atoms with E-state index in [1.165, 1.54) is 29.0 Å². The molecule has 1 aromatic carbocycles. The molecule has 1 amide bonds. The maximum Gasteiger partial charge on any atom is 0.272 e. The summed E-state index contributed by atoms with van der Waals surface area (Å²) in [5, 5.41) is 11.2. The van der Waals surface area contributed by atoms with Crippen LogP contribution in [0.15, 0.2) is 35.4 Å². The van der Waals surface area contributed by atoms with Gasteiger partial charge in [0.25, 0.3) is 5.91 Å². The monoisotopic (exact) mass is 307 g/mol. The van der Waals surface area contributed by atoms with Crippen molar-refractivity contribution >= 4 is 22.7 Å². The van der Waals surface area contributed by atoms with Gasteiger partial charge in [-0.2, -0.15) is 5.26 Å². The minimum Gasteiger partial charge on any atom is -0.345 e. The molecule has 1 heterocycles. The predicted octanol–water partition coefficient (Wildman–Crippen LogP) is 1.87. The predicted molar refractivity (Wildman–Crippen MR) is 73.5 cm³/mol. The van der Waals surface area contributed by atoms with Gasteiger partial charge < -0.3 is 14.4 Å². The Bertz CT molecular complexity index is 779. The van der Waals surface area contributed by atoms with E-state index in [4.69, 9.17) is 9.81 Å². The van der Waals surface area contributed by atoms with Gasteiger partial charge in [0.05, 0.1) is 10.5 Å². The maximum atomic E-state index is 13.2. The third-order valence-corrected chi connectivity index (χ3v) is 3.39. The van der Waals surface area contributed by atoms with Gasteiger partial charge in [0.15, 0.2) is 11.1 Å². The number of aryl methyl sites for hydroxylation is 1. The van der Waals surface area contributed by atoms with Crippen LogP contribution in [-0.2, 0) is 18.1 Å². The second-order valence-electron chi connectivity index (χ2n) is 4.18. The molecule has 1 atom stereocenters. The van der Waals surface area contributed by atoms with Gasteiger partial charge >= 0.3 is 0 Å². The highest BCUT2D eigenvalue weighted by molar-refractivity contribution is 7.79. The van der Waals surface area contributed by atoms with Crippen LogP contribution in [0.4, 0.5) is 10.1 Å². The first-order valence-electron chi connectivity index (χ1n) is 5.70. The van der Waals surface area contributed by atoms with Crippen molar-refractivity contribution in [3.8, 4) is 6.07 Å². The third kappa shape index (κ3) is 3.16. The zero-order valence-electron chi connectivity index (χ0n) is 10.8. The fourth-order valence-corrected chi connectivity index (χ4v) is 2.20. The number of halogens is 1. The molecule has 0 aliphatic heterocycles. The maximum absolute atomic E-state index is 13.2. The van der Waals surface area contributed by atoms with Crippen molar-refractivity contribution in [2.24, 2.45) is 7.05 Å². The Morgan fingerprint density at radius 1 is 1.48 bits per heavy atom. The minimum absolute atomic E-state index is 0.0967. The average Bonchev–Trinajstić information content (AvgIpc) is 2.83. The number of rotatable bonds is 3. The van der Waals surface area contributed by atoms with Crippen molar-refractivity contribution in [3.05, 3.63) is 47.5 Å². The Morgan fingerprint density at radius 3 is 2.76 bits per heavy atom. The number of hydrogen-bond donors (Lipinski definition) is 2. The van der Waals surface area contributed by atoms with Crippen LogP contribution in [0, 0.1) is 17.1 Å². The average molecular weight is 307 g/mol. The van der Waals surface area contributed by atoms with Gasteiger partial charge in [0.1, 0.15) is 17.6 Å². The van der Waals surface area contributed by atoms with E-state index in [1.54, 1.807) is 13.1 Å². The molecule has 0 bridgehead atoms. The smallest absolute Gasteiger partial charge is 0.272 e. The number of aromatic nitrogens is 1. The number of carbonyl (C=O) groups excluding carboxylic acids is 1. The normalized spacial score (nSPS) is 11.7. The molecular formula is C13H10FN3O3S. The largest absolute Gasteiger partial charge is 0.345 e. The first-order chi connectivity index (χ1) is 9.92. The van der Waals surface area contributed by atoms with E-state index in [0.29, 0.717) is 0 Å². The van der Waals surface area contributed by atoms with Crippen LogP contribution in [0.3, 0.4) is 0 Å². The summed E-state index contributed by atoms with van der Waals surface area (Å²) in [5.74, 6) is -1.21. The fraction of sp³-hybridized carbons (Fsp3) is 0.0769. The Kier molecular flexibility index (Phi) is 4.16. The molecule has 0 spiro atoms. The van der Waals surface area contributed by atoms with Gasteiger partial charge in [0.2, 0.25) is 0 Å². The molecule has 108 valence electrons. The van der Waals surface area contributed by atoms with Crippen LogP contribution in [0.25, 0.3) is 0 Å². The van der Waals surface area contributed by atoms with Gasteiger partial charge in [0, 0.05) is 18.9 Å². The van der Waals surface area contributed by atoms with Crippen LogP contribution in [0.2, 0.25) is 0 Å². The Morgan fingerprint density at radius 2 is 2.19 bits per heavy atom. The Hall–Kier alpha value is -2.50. The van der Waals surface area contributed by atoms with E-state index in [1.807, 2.05) is 0 Å². The molecule has 21 heavy (non-hydrogen) atoms. The van der Waals surface area contributed by atoms with Crippen LogP contribution in [0.5, 0.6) is 0 Å². The van der Waals surface area contributed by atoms with E-state index in [0.717, 1.165) is 6.07 Å². The van der Waals surface area contributed by atoms with Gasteiger partial charge in [-0.3, -0.25) is 4.79 Å². The topological polar surface area (TPSA) is 95.1 Å². The van der Waals surface area contributed by atoms with E-state index in [9.17, 15) is 13.4 Å². The van der Waals surface area contributed by atoms with Crippen LogP contribution < -0.4 is 5.32 Å². The molecular weight excluding hydrogens is 297 g/mol. The lowest BCUT2D eigenvalue weighted by Crippen LogP contribution is -2.15. The SMILES string of the molecule is Cn1cc(S(=O)O)cc1C(=O)Nc1ccc(F)c(C#N)c1. The second-order valence-corrected chi connectivity index (χ2v) is 5.15. The highest BCUT2D eigenvalue weighted by Crippen LogP contribution is 2.16. The van der Waals surface area contributed by atoms with Crippen molar-refractivity contribution in [2.45, 2.75) is 4.90 Å². The molecule has 0 saturated carbocycles. The number of amides is 1. The second kappa shape index (κ2) is 5.87. The van der Waals surface area contributed by atoms with Gasteiger partial charge in [-0.1, -0.05) is 0 Å². The zero-order valence-corrected chi connectivity index (χ0v) is 11.6. The molecule has 2 rings (SSSR count). The van der Waals surface area contributed by atoms with Crippen molar-refractivity contribution in [2.75, 3.05) is 5.32 Å². The molecule has 8 heteroatoms. The summed E-state index contributed by atoms with van der Waals surface area (Å²) in [6.07, 6.45) is 1.36. The summed E-state index contributed by atoms with van der Waals surface area (Å²) in [6.45, 7) is 0. The van der Waals surface area contributed by atoms with Crippen molar-refractivity contribution < 1.29 is 17.9 Å². The van der Waals surface area contributed by atoms with Crippen LogP contribution in [-0.4, -0.2) is 19.2 Å². The van der Waals surface area contributed by atoms with Crippen LogP contribution in [0.1, 0.15) is 16.1 Å². The number of nitriles is 1. The molecule has 6 nitrogen and oxygen atoms in total.